The van der Waals surface area contributed by atoms with Crippen LogP contribution in [0.4, 0.5) is 4.79 Å². The first-order chi connectivity index (χ1) is 11.2. The molecule has 1 heterocycles. The van der Waals surface area contributed by atoms with E-state index >= 15 is 0 Å². The first-order valence-electron chi connectivity index (χ1n) is 8.35. The topological polar surface area (TPSA) is 62.7 Å². The van der Waals surface area contributed by atoms with Crippen LogP contribution in [0.5, 0.6) is 0 Å². The highest BCUT2D eigenvalue weighted by Crippen LogP contribution is 2.30. The van der Waals surface area contributed by atoms with Crippen LogP contribution in [0.25, 0.3) is 0 Å². The first-order valence-corrected chi connectivity index (χ1v) is 8.35. The second-order valence-electron chi connectivity index (χ2n) is 7.31. The van der Waals surface area contributed by atoms with E-state index < -0.39 is 17.7 Å². The lowest BCUT2D eigenvalue weighted by Crippen LogP contribution is -2.50. The van der Waals surface area contributed by atoms with Gasteiger partial charge in [0, 0.05) is 19.3 Å². The van der Waals surface area contributed by atoms with Crippen LogP contribution in [0, 0.1) is 0 Å². The Labute approximate surface area is 143 Å². The maximum atomic E-state index is 12.7. The number of aromatic nitrogens is 1. The van der Waals surface area contributed by atoms with E-state index in [-0.39, 0.29) is 11.9 Å². The van der Waals surface area contributed by atoms with E-state index in [1.54, 1.807) is 30.0 Å². The summed E-state index contributed by atoms with van der Waals surface area (Å²) in [4.78, 5) is 32.7. The number of carbonyl (C=O) groups excluding carboxylic acids is 2. The Bertz CT molecular complexity index is 579. The van der Waals surface area contributed by atoms with Gasteiger partial charge in [-0.05, 0) is 52.7 Å². The zero-order chi connectivity index (χ0) is 17.9. The Morgan fingerprint density at radius 3 is 2.50 bits per heavy atom. The molecule has 132 valence electrons. The molecule has 6 nitrogen and oxygen atoms in total. The number of hydrogen-bond acceptors (Lipinski definition) is 4. The van der Waals surface area contributed by atoms with Crippen molar-refractivity contribution in [2.45, 2.75) is 64.8 Å². The van der Waals surface area contributed by atoms with Crippen molar-refractivity contribution in [1.29, 1.82) is 0 Å². The molecule has 0 N–H and O–H groups in total. The molecule has 1 atom stereocenters. The number of rotatable bonds is 5. The Hall–Kier alpha value is -2.11. The van der Waals surface area contributed by atoms with E-state index in [1.807, 2.05) is 39.0 Å². The number of carbonyl (C=O) groups is 2. The highest BCUT2D eigenvalue weighted by Gasteiger charge is 2.41. The monoisotopic (exact) mass is 333 g/mol. The van der Waals surface area contributed by atoms with Crippen molar-refractivity contribution in [3.63, 3.8) is 0 Å². The number of ether oxygens (including phenoxy) is 1. The average molecular weight is 333 g/mol. The van der Waals surface area contributed by atoms with E-state index in [0.717, 1.165) is 18.5 Å². The summed E-state index contributed by atoms with van der Waals surface area (Å²) in [6.45, 7) is 7.66. The lowest BCUT2D eigenvalue weighted by Gasteiger charge is -2.33. The molecule has 6 heteroatoms. The lowest BCUT2D eigenvalue weighted by atomic mass is 10.2. The van der Waals surface area contributed by atoms with Crippen molar-refractivity contribution in [3.8, 4) is 0 Å². The van der Waals surface area contributed by atoms with Crippen molar-refractivity contribution in [3.05, 3.63) is 30.1 Å². The van der Waals surface area contributed by atoms with Crippen molar-refractivity contribution >= 4 is 12.0 Å². The molecule has 0 radical (unpaired) electrons. The predicted molar refractivity (Wildman–Crippen MR) is 91.3 cm³/mol. The third-order valence-electron chi connectivity index (χ3n) is 3.82. The summed E-state index contributed by atoms with van der Waals surface area (Å²) < 4.78 is 5.47. The van der Waals surface area contributed by atoms with Crippen LogP contribution >= 0.6 is 0 Å². The maximum Gasteiger partial charge on any atom is 0.411 e. The van der Waals surface area contributed by atoms with Crippen LogP contribution in [-0.2, 0) is 16.1 Å². The van der Waals surface area contributed by atoms with Gasteiger partial charge in [0.05, 0.1) is 12.2 Å². The van der Waals surface area contributed by atoms with Gasteiger partial charge >= 0.3 is 6.09 Å². The van der Waals surface area contributed by atoms with Gasteiger partial charge in [-0.2, -0.15) is 0 Å². The number of amides is 2. The van der Waals surface area contributed by atoms with E-state index in [2.05, 4.69) is 4.98 Å². The molecule has 1 aromatic rings. The second-order valence-corrected chi connectivity index (χ2v) is 7.31. The third kappa shape index (κ3) is 4.94. The molecular weight excluding hydrogens is 306 g/mol. The summed E-state index contributed by atoms with van der Waals surface area (Å²) in [6.07, 6.45) is 3.12. The van der Waals surface area contributed by atoms with Gasteiger partial charge in [0.2, 0.25) is 5.91 Å². The van der Waals surface area contributed by atoms with Crippen LogP contribution in [0.1, 0.15) is 46.2 Å². The van der Waals surface area contributed by atoms with E-state index in [0.29, 0.717) is 6.54 Å². The highest BCUT2D eigenvalue weighted by molar-refractivity contribution is 5.85. The molecule has 0 spiro atoms. The van der Waals surface area contributed by atoms with E-state index in [1.165, 1.54) is 0 Å². The van der Waals surface area contributed by atoms with Gasteiger partial charge < -0.3 is 9.64 Å². The molecule has 0 aliphatic heterocycles. The van der Waals surface area contributed by atoms with E-state index in [9.17, 15) is 9.59 Å². The predicted octanol–water partition coefficient (Wildman–Crippen LogP) is 2.83. The van der Waals surface area contributed by atoms with Crippen LogP contribution < -0.4 is 0 Å². The van der Waals surface area contributed by atoms with Gasteiger partial charge in [0.15, 0.2) is 0 Å². The molecule has 0 unspecified atom stereocenters. The number of nitrogens with zero attached hydrogens (tertiary/aromatic N) is 3. The number of likely N-dealkylation sites (N-methyl/N-ethyl adjacent to an activating group) is 1. The summed E-state index contributed by atoms with van der Waals surface area (Å²) in [7, 11) is 1.73. The summed E-state index contributed by atoms with van der Waals surface area (Å²) >= 11 is 0. The number of pyridine rings is 1. The molecule has 0 aromatic carbocycles. The molecule has 1 aromatic heterocycles. The van der Waals surface area contributed by atoms with Gasteiger partial charge in [-0.25, -0.2) is 4.79 Å². The van der Waals surface area contributed by atoms with E-state index in [4.69, 9.17) is 4.74 Å². The Kier molecular flexibility index (Phi) is 5.47. The minimum Gasteiger partial charge on any atom is -0.444 e. The average Bonchev–Trinajstić information content (AvgIpc) is 3.30. The smallest absolute Gasteiger partial charge is 0.411 e. The van der Waals surface area contributed by atoms with Crippen LogP contribution in [0.2, 0.25) is 0 Å². The molecule has 1 aliphatic carbocycles. The Morgan fingerprint density at radius 1 is 1.33 bits per heavy atom. The highest BCUT2D eigenvalue weighted by atomic mass is 16.6. The fourth-order valence-corrected chi connectivity index (χ4v) is 2.54. The van der Waals surface area contributed by atoms with Gasteiger partial charge in [-0.15, -0.1) is 0 Å². The van der Waals surface area contributed by atoms with Crippen molar-refractivity contribution in [2.75, 3.05) is 7.05 Å². The summed E-state index contributed by atoms with van der Waals surface area (Å²) in [5, 5.41) is 0. The molecule has 2 amide bonds. The molecule has 1 aliphatic rings. The SMILES string of the molecule is C[C@@H](C(=O)N(C)Cc1ccccn1)N(C(=O)OC(C)(C)C)C1CC1. The molecular formula is C18H27N3O3. The van der Waals surface area contributed by atoms with Crippen LogP contribution in [-0.4, -0.2) is 51.5 Å². The molecule has 0 bridgehead atoms. The number of hydrogen-bond donors (Lipinski definition) is 0. The normalized spacial score (nSPS) is 15.5. The largest absolute Gasteiger partial charge is 0.444 e. The van der Waals surface area contributed by atoms with Gasteiger partial charge in [0.1, 0.15) is 11.6 Å². The minimum absolute atomic E-state index is 0.0991. The summed E-state index contributed by atoms with van der Waals surface area (Å²) in [5.41, 5.74) is 0.239. The Balaban J connectivity index is 2.04. The molecule has 1 fully saturated rings. The zero-order valence-corrected chi connectivity index (χ0v) is 15.2. The molecule has 1 saturated carbocycles. The first kappa shape index (κ1) is 18.2. The maximum absolute atomic E-state index is 12.7. The van der Waals surface area contributed by atoms with Crippen molar-refractivity contribution in [1.82, 2.24) is 14.8 Å². The van der Waals surface area contributed by atoms with Crippen molar-refractivity contribution < 1.29 is 14.3 Å². The second kappa shape index (κ2) is 7.20. The summed E-state index contributed by atoms with van der Waals surface area (Å²) in [6, 6.07) is 5.15. The quantitative estimate of drug-likeness (QED) is 0.831. The third-order valence-corrected chi connectivity index (χ3v) is 3.82. The Morgan fingerprint density at radius 2 is 2.00 bits per heavy atom. The van der Waals surface area contributed by atoms with Gasteiger partial charge in [-0.3, -0.25) is 14.7 Å². The van der Waals surface area contributed by atoms with Gasteiger partial charge in [0.25, 0.3) is 0 Å². The standard InChI is InChI=1S/C18H27N3O3/c1-13(16(22)20(5)12-14-8-6-7-11-19-14)21(15-9-10-15)17(23)24-18(2,3)4/h6-8,11,13,15H,9-10,12H2,1-5H3/t13-/m0/s1. The minimum atomic E-state index is -0.577. The molecule has 0 saturated heterocycles. The lowest BCUT2D eigenvalue weighted by molar-refractivity contribution is -0.135. The molecule has 24 heavy (non-hydrogen) atoms. The fourth-order valence-electron chi connectivity index (χ4n) is 2.54. The molecule has 2 rings (SSSR count). The van der Waals surface area contributed by atoms with Crippen LogP contribution in [0.3, 0.4) is 0 Å². The van der Waals surface area contributed by atoms with Gasteiger partial charge in [-0.1, -0.05) is 6.07 Å². The zero-order valence-electron chi connectivity index (χ0n) is 15.2. The van der Waals surface area contributed by atoms with Crippen molar-refractivity contribution in [2.24, 2.45) is 0 Å². The fraction of sp³-hybridized carbons (Fsp3) is 0.611. The summed E-state index contributed by atoms with van der Waals surface area (Å²) in [5.74, 6) is -0.113. The van der Waals surface area contributed by atoms with Crippen LogP contribution in [0.15, 0.2) is 24.4 Å².